The van der Waals surface area contributed by atoms with Gasteiger partial charge in [-0.15, -0.1) is 11.3 Å². The Balaban J connectivity index is 2.22. The van der Waals surface area contributed by atoms with Gasteiger partial charge in [0, 0.05) is 5.56 Å². The third-order valence-corrected chi connectivity index (χ3v) is 4.57. The van der Waals surface area contributed by atoms with E-state index >= 15 is 0 Å². The zero-order valence-electron chi connectivity index (χ0n) is 15.0. The average Bonchev–Trinajstić information content (AvgIpc) is 2.96. The van der Waals surface area contributed by atoms with Crippen LogP contribution < -0.4 is 15.8 Å². The lowest BCUT2D eigenvalue weighted by Gasteiger charge is -2.17. The molecule has 0 saturated heterocycles. The summed E-state index contributed by atoms with van der Waals surface area (Å²) in [6.45, 7) is 8.70. The molecule has 3 N–H and O–H groups in total. The zero-order chi connectivity index (χ0) is 18.6. The van der Waals surface area contributed by atoms with Crippen molar-refractivity contribution in [1.29, 1.82) is 5.26 Å². The normalized spacial score (nSPS) is 11.0. The molecule has 0 aliphatic carbocycles. The molecule has 1 amide bonds. The third-order valence-electron chi connectivity index (χ3n) is 3.67. The number of benzene rings is 1. The molecular weight excluding hydrogens is 334 g/mol. The fourth-order valence-electron chi connectivity index (χ4n) is 2.32. The molecule has 0 fully saturated rings. The topological polar surface area (TPSA) is 88.1 Å². The second kappa shape index (κ2) is 7.58. The molecule has 0 bridgehead atoms. The smallest absolute Gasteiger partial charge is 0.256 e. The van der Waals surface area contributed by atoms with E-state index in [2.05, 4.69) is 11.4 Å². The summed E-state index contributed by atoms with van der Waals surface area (Å²) in [5, 5.41) is 14.8. The van der Waals surface area contributed by atoms with Crippen LogP contribution in [0.2, 0.25) is 0 Å². The van der Waals surface area contributed by atoms with Crippen LogP contribution in [0.4, 0.5) is 10.7 Å². The molecular formula is C19H23N3O2S. The molecule has 2 aromatic rings. The van der Waals surface area contributed by atoms with Gasteiger partial charge in [-0.3, -0.25) is 4.79 Å². The van der Waals surface area contributed by atoms with Crippen molar-refractivity contribution in [3.8, 4) is 11.8 Å². The first-order valence-electron chi connectivity index (χ1n) is 8.13. The van der Waals surface area contributed by atoms with Gasteiger partial charge in [0.15, 0.2) is 0 Å². The van der Waals surface area contributed by atoms with Gasteiger partial charge in [-0.05, 0) is 41.0 Å². The Hall–Kier alpha value is -2.52. The first kappa shape index (κ1) is 18.8. The van der Waals surface area contributed by atoms with E-state index in [0.29, 0.717) is 34.2 Å². The molecule has 132 valence electrons. The van der Waals surface area contributed by atoms with Gasteiger partial charge < -0.3 is 15.8 Å². The second-order valence-electron chi connectivity index (χ2n) is 6.77. The van der Waals surface area contributed by atoms with Crippen molar-refractivity contribution < 1.29 is 9.53 Å². The van der Waals surface area contributed by atoms with Gasteiger partial charge in [-0.2, -0.15) is 5.26 Å². The lowest BCUT2D eigenvalue weighted by atomic mass is 9.86. The Morgan fingerprint density at radius 1 is 1.40 bits per heavy atom. The number of amides is 1. The van der Waals surface area contributed by atoms with Crippen LogP contribution in [0.1, 0.15) is 55.6 Å². The third kappa shape index (κ3) is 4.31. The summed E-state index contributed by atoms with van der Waals surface area (Å²) in [5.41, 5.74) is 8.09. The van der Waals surface area contributed by atoms with Crippen LogP contribution in [0.3, 0.4) is 0 Å². The second-order valence-corrected chi connectivity index (χ2v) is 7.65. The summed E-state index contributed by atoms with van der Waals surface area (Å²) in [6, 6.07) is 7.15. The minimum absolute atomic E-state index is 0.159. The van der Waals surface area contributed by atoms with E-state index in [0.717, 1.165) is 12.0 Å². The fourth-order valence-corrected chi connectivity index (χ4v) is 3.45. The standard InChI is InChI=1S/C19H23N3O2S/c1-5-8-24-16-7-6-12(9-15(16)21)17(23)22-18-13(10-20)14(11-25-18)19(2,3)4/h6-7,9,11H,5,8,21H2,1-4H3,(H,22,23). The van der Waals surface area contributed by atoms with E-state index in [1.54, 1.807) is 18.2 Å². The molecule has 0 spiro atoms. The van der Waals surface area contributed by atoms with Crippen molar-refractivity contribution in [2.75, 3.05) is 17.7 Å². The molecule has 25 heavy (non-hydrogen) atoms. The number of nitrogens with zero attached hydrogens (tertiary/aromatic N) is 1. The maximum Gasteiger partial charge on any atom is 0.256 e. The lowest BCUT2D eigenvalue weighted by molar-refractivity contribution is 0.102. The van der Waals surface area contributed by atoms with E-state index < -0.39 is 0 Å². The highest BCUT2D eigenvalue weighted by Gasteiger charge is 2.23. The van der Waals surface area contributed by atoms with E-state index in [1.807, 2.05) is 33.1 Å². The summed E-state index contributed by atoms with van der Waals surface area (Å²) < 4.78 is 5.52. The highest BCUT2D eigenvalue weighted by atomic mass is 32.1. The Morgan fingerprint density at radius 2 is 2.12 bits per heavy atom. The molecule has 1 aromatic carbocycles. The molecule has 0 radical (unpaired) electrons. The van der Waals surface area contributed by atoms with Gasteiger partial charge >= 0.3 is 0 Å². The predicted octanol–water partition coefficient (Wildman–Crippen LogP) is 4.54. The molecule has 0 aliphatic rings. The Labute approximate surface area is 152 Å². The number of nitrogen functional groups attached to an aromatic ring is 1. The fraction of sp³-hybridized carbons (Fsp3) is 0.368. The van der Waals surface area contributed by atoms with Crippen LogP contribution in [-0.4, -0.2) is 12.5 Å². The van der Waals surface area contributed by atoms with Crippen LogP contribution in [0.25, 0.3) is 0 Å². The lowest BCUT2D eigenvalue weighted by Crippen LogP contribution is -2.14. The molecule has 1 aromatic heterocycles. The molecule has 0 saturated carbocycles. The number of nitrogens with two attached hydrogens (primary N) is 1. The summed E-state index contributed by atoms with van der Waals surface area (Å²) in [6.07, 6.45) is 0.882. The SMILES string of the molecule is CCCOc1ccc(C(=O)Nc2scc(C(C)(C)C)c2C#N)cc1N. The number of hydrogen-bond acceptors (Lipinski definition) is 5. The Bertz CT molecular complexity index is 813. The molecule has 5 nitrogen and oxygen atoms in total. The average molecular weight is 357 g/mol. The molecule has 0 atom stereocenters. The van der Waals surface area contributed by atoms with E-state index in [4.69, 9.17) is 10.5 Å². The van der Waals surface area contributed by atoms with Crippen molar-refractivity contribution in [3.05, 3.63) is 40.3 Å². The van der Waals surface area contributed by atoms with Gasteiger partial charge in [-0.1, -0.05) is 27.7 Å². The highest BCUT2D eigenvalue weighted by Crippen LogP contribution is 2.35. The van der Waals surface area contributed by atoms with Crippen molar-refractivity contribution in [1.82, 2.24) is 0 Å². The minimum Gasteiger partial charge on any atom is -0.491 e. The predicted molar refractivity (Wildman–Crippen MR) is 102 cm³/mol. The number of anilines is 2. The van der Waals surface area contributed by atoms with E-state index in [-0.39, 0.29) is 11.3 Å². The summed E-state index contributed by atoms with van der Waals surface area (Å²) in [4.78, 5) is 12.5. The minimum atomic E-state index is -0.299. The van der Waals surface area contributed by atoms with E-state index in [9.17, 15) is 10.1 Å². The van der Waals surface area contributed by atoms with Gasteiger partial charge in [-0.25, -0.2) is 0 Å². The quantitative estimate of drug-likeness (QED) is 0.769. The number of thiophene rings is 1. The first-order valence-corrected chi connectivity index (χ1v) is 9.01. The summed E-state index contributed by atoms with van der Waals surface area (Å²) in [5.74, 6) is 0.273. The molecule has 0 unspecified atom stereocenters. The summed E-state index contributed by atoms with van der Waals surface area (Å²) >= 11 is 1.36. The van der Waals surface area contributed by atoms with Crippen molar-refractivity contribution >= 4 is 27.9 Å². The number of hydrogen-bond donors (Lipinski definition) is 2. The number of carbonyl (C=O) groups excluding carboxylic acids is 1. The van der Waals surface area contributed by atoms with Crippen LogP contribution in [0.15, 0.2) is 23.6 Å². The molecule has 1 heterocycles. The van der Waals surface area contributed by atoms with Crippen LogP contribution in [-0.2, 0) is 5.41 Å². The maximum absolute atomic E-state index is 12.5. The Kier molecular flexibility index (Phi) is 5.70. The van der Waals surface area contributed by atoms with Gasteiger partial charge in [0.2, 0.25) is 0 Å². The zero-order valence-corrected chi connectivity index (χ0v) is 15.8. The van der Waals surface area contributed by atoms with Crippen molar-refractivity contribution in [3.63, 3.8) is 0 Å². The number of rotatable bonds is 5. The monoisotopic (exact) mass is 357 g/mol. The number of nitrogens with one attached hydrogen (secondary N) is 1. The van der Waals surface area contributed by atoms with Gasteiger partial charge in [0.25, 0.3) is 5.91 Å². The maximum atomic E-state index is 12.5. The van der Waals surface area contributed by atoms with Crippen LogP contribution in [0.5, 0.6) is 5.75 Å². The molecule has 0 aliphatic heterocycles. The number of ether oxygens (including phenoxy) is 1. The number of nitriles is 1. The Morgan fingerprint density at radius 3 is 2.68 bits per heavy atom. The van der Waals surface area contributed by atoms with Gasteiger partial charge in [0.05, 0.1) is 17.9 Å². The highest BCUT2D eigenvalue weighted by molar-refractivity contribution is 7.14. The first-order chi connectivity index (χ1) is 11.8. The molecule has 2 rings (SSSR count). The van der Waals surface area contributed by atoms with Gasteiger partial charge in [0.1, 0.15) is 16.8 Å². The van der Waals surface area contributed by atoms with Crippen molar-refractivity contribution in [2.45, 2.75) is 39.5 Å². The largest absolute Gasteiger partial charge is 0.491 e. The number of carbonyl (C=O) groups is 1. The molecule has 6 heteroatoms. The van der Waals surface area contributed by atoms with Crippen LogP contribution >= 0.6 is 11.3 Å². The van der Waals surface area contributed by atoms with Crippen molar-refractivity contribution in [2.24, 2.45) is 0 Å². The van der Waals surface area contributed by atoms with E-state index in [1.165, 1.54) is 11.3 Å². The van der Waals surface area contributed by atoms with Crippen LogP contribution in [0, 0.1) is 11.3 Å². The summed E-state index contributed by atoms with van der Waals surface area (Å²) in [7, 11) is 0.